The van der Waals surface area contributed by atoms with Crippen LogP contribution in [0.15, 0.2) is 41.8 Å². The second-order valence-corrected chi connectivity index (χ2v) is 7.42. The molecule has 1 aliphatic rings. The zero-order valence-corrected chi connectivity index (χ0v) is 13.3. The number of benzene rings is 1. The standard InChI is InChI=1S/C18H23NS/c1-4-15(16-10-7-11-20-16)19-17-14-9-6-5-8-13(14)12-18(17,2)3/h5-11,15,17,19H,4,12H2,1-3H3. The Kier molecular flexibility index (Phi) is 3.70. The predicted molar refractivity (Wildman–Crippen MR) is 87.2 cm³/mol. The Morgan fingerprint density at radius 1 is 1.25 bits per heavy atom. The molecule has 1 aromatic carbocycles. The van der Waals surface area contributed by atoms with Crippen molar-refractivity contribution in [3.63, 3.8) is 0 Å². The third kappa shape index (κ3) is 2.43. The normalized spacial score (nSPS) is 21.6. The molecule has 20 heavy (non-hydrogen) atoms. The van der Waals surface area contributed by atoms with Gasteiger partial charge in [-0.25, -0.2) is 0 Å². The smallest absolute Gasteiger partial charge is 0.0417 e. The summed E-state index contributed by atoms with van der Waals surface area (Å²) in [6, 6.07) is 14.2. The van der Waals surface area contributed by atoms with Gasteiger partial charge in [-0.2, -0.15) is 0 Å². The number of hydrogen-bond acceptors (Lipinski definition) is 2. The van der Waals surface area contributed by atoms with Crippen LogP contribution in [-0.2, 0) is 6.42 Å². The molecule has 0 amide bonds. The first-order valence-corrected chi connectivity index (χ1v) is 8.37. The molecule has 0 saturated heterocycles. The van der Waals surface area contributed by atoms with Crippen molar-refractivity contribution in [3.05, 3.63) is 57.8 Å². The van der Waals surface area contributed by atoms with Crippen molar-refractivity contribution in [2.45, 2.75) is 45.7 Å². The quantitative estimate of drug-likeness (QED) is 0.823. The molecule has 2 atom stereocenters. The van der Waals surface area contributed by atoms with Crippen LogP contribution in [0.1, 0.15) is 55.3 Å². The summed E-state index contributed by atoms with van der Waals surface area (Å²) in [4.78, 5) is 1.45. The number of hydrogen-bond donors (Lipinski definition) is 1. The van der Waals surface area contributed by atoms with Gasteiger partial charge in [0.1, 0.15) is 0 Å². The maximum absolute atomic E-state index is 3.92. The zero-order chi connectivity index (χ0) is 14.2. The fraction of sp³-hybridized carbons (Fsp3) is 0.444. The van der Waals surface area contributed by atoms with E-state index in [1.54, 1.807) is 0 Å². The van der Waals surface area contributed by atoms with Crippen LogP contribution in [0.25, 0.3) is 0 Å². The van der Waals surface area contributed by atoms with E-state index in [1.807, 2.05) is 11.3 Å². The topological polar surface area (TPSA) is 12.0 Å². The minimum atomic E-state index is 0.286. The Morgan fingerprint density at radius 2 is 2.05 bits per heavy atom. The van der Waals surface area contributed by atoms with Gasteiger partial charge in [-0.15, -0.1) is 11.3 Å². The fourth-order valence-electron chi connectivity index (χ4n) is 3.40. The molecule has 0 radical (unpaired) electrons. The first-order valence-electron chi connectivity index (χ1n) is 7.49. The second-order valence-electron chi connectivity index (χ2n) is 6.44. The molecule has 0 spiro atoms. The van der Waals surface area contributed by atoms with Crippen LogP contribution in [-0.4, -0.2) is 0 Å². The van der Waals surface area contributed by atoms with Crippen molar-refractivity contribution < 1.29 is 0 Å². The van der Waals surface area contributed by atoms with Gasteiger partial charge in [0, 0.05) is 17.0 Å². The summed E-state index contributed by atoms with van der Waals surface area (Å²) in [6.45, 7) is 7.03. The van der Waals surface area contributed by atoms with Crippen LogP contribution in [0.3, 0.4) is 0 Å². The lowest BCUT2D eigenvalue weighted by molar-refractivity contribution is 0.247. The van der Waals surface area contributed by atoms with Gasteiger partial charge in [0.2, 0.25) is 0 Å². The van der Waals surface area contributed by atoms with Gasteiger partial charge in [-0.1, -0.05) is 51.1 Å². The summed E-state index contributed by atoms with van der Waals surface area (Å²) in [7, 11) is 0. The third-order valence-corrected chi connectivity index (χ3v) is 5.44. The SMILES string of the molecule is CCC(NC1c2ccccc2CC1(C)C)c1cccs1. The summed E-state index contributed by atoms with van der Waals surface area (Å²) in [5, 5.41) is 6.10. The first kappa shape index (κ1) is 13.8. The van der Waals surface area contributed by atoms with Crippen molar-refractivity contribution >= 4 is 11.3 Å². The largest absolute Gasteiger partial charge is 0.302 e. The molecule has 2 unspecified atom stereocenters. The summed E-state index contributed by atoms with van der Waals surface area (Å²) >= 11 is 1.86. The van der Waals surface area contributed by atoms with Crippen LogP contribution < -0.4 is 5.32 Å². The molecule has 1 heterocycles. The molecule has 3 rings (SSSR count). The second kappa shape index (κ2) is 5.34. The lowest BCUT2D eigenvalue weighted by atomic mass is 9.84. The van der Waals surface area contributed by atoms with E-state index in [2.05, 4.69) is 67.9 Å². The Balaban J connectivity index is 1.89. The molecular weight excluding hydrogens is 262 g/mol. The summed E-state index contributed by atoms with van der Waals surface area (Å²) in [5.41, 5.74) is 3.29. The van der Waals surface area contributed by atoms with Gasteiger partial charge in [-0.05, 0) is 40.8 Å². The van der Waals surface area contributed by atoms with Crippen LogP contribution in [0.4, 0.5) is 0 Å². The molecule has 2 aromatic rings. The highest BCUT2D eigenvalue weighted by atomic mass is 32.1. The van der Waals surface area contributed by atoms with Crippen molar-refractivity contribution in [1.82, 2.24) is 5.32 Å². The molecule has 1 N–H and O–H groups in total. The van der Waals surface area contributed by atoms with E-state index in [0.717, 1.165) is 6.42 Å². The van der Waals surface area contributed by atoms with Gasteiger partial charge >= 0.3 is 0 Å². The van der Waals surface area contributed by atoms with Crippen molar-refractivity contribution in [3.8, 4) is 0 Å². The zero-order valence-electron chi connectivity index (χ0n) is 12.5. The Labute approximate surface area is 126 Å². The van der Waals surface area contributed by atoms with Crippen LogP contribution in [0, 0.1) is 5.41 Å². The van der Waals surface area contributed by atoms with Gasteiger partial charge in [0.05, 0.1) is 0 Å². The average Bonchev–Trinajstić information content (AvgIpc) is 3.01. The van der Waals surface area contributed by atoms with Crippen molar-refractivity contribution in [1.29, 1.82) is 0 Å². The summed E-state index contributed by atoms with van der Waals surface area (Å²) in [5.74, 6) is 0. The Bertz CT molecular complexity index is 571. The molecule has 1 nitrogen and oxygen atoms in total. The molecule has 106 valence electrons. The van der Waals surface area contributed by atoms with Crippen molar-refractivity contribution in [2.24, 2.45) is 5.41 Å². The van der Waals surface area contributed by atoms with E-state index in [9.17, 15) is 0 Å². The molecular formula is C18H23NS. The molecule has 1 aromatic heterocycles. The van der Waals surface area contributed by atoms with Crippen LogP contribution in [0.2, 0.25) is 0 Å². The Hall–Kier alpha value is -1.12. The van der Waals surface area contributed by atoms with Gasteiger partial charge < -0.3 is 5.32 Å². The molecule has 2 heteroatoms. The molecule has 0 fully saturated rings. The number of rotatable bonds is 4. The van der Waals surface area contributed by atoms with E-state index < -0.39 is 0 Å². The Morgan fingerprint density at radius 3 is 2.75 bits per heavy atom. The van der Waals surface area contributed by atoms with Gasteiger partial charge in [0.15, 0.2) is 0 Å². The lowest BCUT2D eigenvalue weighted by Crippen LogP contribution is -2.33. The minimum Gasteiger partial charge on any atom is -0.302 e. The summed E-state index contributed by atoms with van der Waals surface area (Å²) in [6.07, 6.45) is 2.30. The van der Waals surface area contributed by atoms with Gasteiger partial charge in [-0.3, -0.25) is 0 Å². The van der Waals surface area contributed by atoms with E-state index >= 15 is 0 Å². The number of nitrogens with one attached hydrogen (secondary N) is 1. The fourth-order valence-corrected chi connectivity index (χ4v) is 4.27. The van der Waals surface area contributed by atoms with E-state index in [-0.39, 0.29) is 5.41 Å². The first-order chi connectivity index (χ1) is 9.62. The van der Waals surface area contributed by atoms with Crippen molar-refractivity contribution in [2.75, 3.05) is 0 Å². The van der Waals surface area contributed by atoms with E-state index in [4.69, 9.17) is 0 Å². The number of thiophene rings is 1. The number of fused-ring (bicyclic) bond motifs is 1. The minimum absolute atomic E-state index is 0.286. The highest BCUT2D eigenvalue weighted by Gasteiger charge is 2.39. The van der Waals surface area contributed by atoms with Crippen LogP contribution >= 0.6 is 11.3 Å². The molecule has 0 bridgehead atoms. The maximum atomic E-state index is 3.92. The molecule has 1 aliphatic carbocycles. The maximum Gasteiger partial charge on any atom is 0.0417 e. The van der Waals surface area contributed by atoms with Gasteiger partial charge in [0.25, 0.3) is 0 Å². The van der Waals surface area contributed by atoms with E-state index in [1.165, 1.54) is 22.4 Å². The highest BCUT2D eigenvalue weighted by molar-refractivity contribution is 7.10. The lowest BCUT2D eigenvalue weighted by Gasteiger charge is -2.32. The van der Waals surface area contributed by atoms with E-state index in [0.29, 0.717) is 12.1 Å². The van der Waals surface area contributed by atoms with Crippen LogP contribution in [0.5, 0.6) is 0 Å². The third-order valence-electron chi connectivity index (χ3n) is 4.46. The highest BCUT2D eigenvalue weighted by Crippen LogP contribution is 2.46. The molecule has 0 saturated carbocycles. The summed E-state index contributed by atoms with van der Waals surface area (Å²) < 4.78 is 0. The predicted octanol–water partition coefficient (Wildman–Crippen LogP) is 5.11. The monoisotopic (exact) mass is 285 g/mol. The average molecular weight is 285 g/mol. The molecule has 0 aliphatic heterocycles.